The van der Waals surface area contributed by atoms with Crippen LogP contribution in [0.1, 0.15) is 19.3 Å². The van der Waals surface area contributed by atoms with Crippen LogP contribution in [-0.4, -0.2) is 53.8 Å². The molecule has 0 spiro atoms. The molecule has 0 bridgehead atoms. The SMILES string of the molecule is COCCOc1cc(F)c2c(Nc3ccc(NC(=O)CC(=O)NC4(C(F)(F)F)CC4)cc3)ncnc2c1. The number of halogens is 4. The van der Waals surface area contributed by atoms with Crippen LogP contribution in [0.25, 0.3) is 10.9 Å². The minimum Gasteiger partial charge on any atom is -0.491 e. The highest BCUT2D eigenvalue weighted by molar-refractivity contribution is 6.04. The molecule has 1 aromatic heterocycles. The Morgan fingerprint density at radius 3 is 2.38 bits per heavy atom. The van der Waals surface area contributed by atoms with Gasteiger partial charge < -0.3 is 25.4 Å². The fraction of sp³-hybridized carbons (Fsp3) is 0.333. The van der Waals surface area contributed by atoms with Gasteiger partial charge in [-0.05, 0) is 37.1 Å². The number of fused-ring (bicyclic) bond motifs is 1. The summed E-state index contributed by atoms with van der Waals surface area (Å²) >= 11 is 0. The first-order valence-electron chi connectivity index (χ1n) is 11.2. The first kappa shape index (κ1) is 26.1. The van der Waals surface area contributed by atoms with Gasteiger partial charge in [0.2, 0.25) is 11.8 Å². The summed E-state index contributed by atoms with van der Waals surface area (Å²) in [6, 6.07) is 8.98. The highest BCUT2D eigenvalue weighted by Gasteiger charge is 2.64. The van der Waals surface area contributed by atoms with Gasteiger partial charge >= 0.3 is 6.18 Å². The van der Waals surface area contributed by atoms with E-state index < -0.39 is 35.8 Å². The molecule has 1 saturated carbocycles. The average Bonchev–Trinajstić information content (AvgIpc) is 3.61. The topological polar surface area (TPSA) is 114 Å². The standard InChI is InChI=1S/C24H23F4N5O4/c1-36-8-9-37-16-10-17(25)21-18(11-16)29-13-30-22(21)32-15-4-2-14(3-5-15)31-19(34)12-20(35)33-23(6-7-23)24(26,27)28/h2-5,10-11,13H,6-9,12H2,1H3,(H,31,34)(H,33,35)(H,29,30,32). The summed E-state index contributed by atoms with van der Waals surface area (Å²) in [6.45, 7) is 0.595. The van der Waals surface area contributed by atoms with E-state index in [4.69, 9.17) is 9.47 Å². The lowest BCUT2D eigenvalue weighted by Gasteiger charge is -2.20. The molecule has 0 unspecified atom stereocenters. The summed E-state index contributed by atoms with van der Waals surface area (Å²) in [5, 5.41) is 7.50. The Labute approximate surface area is 208 Å². The minimum atomic E-state index is -4.56. The van der Waals surface area contributed by atoms with Crippen LogP contribution in [0.15, 0.2) is 42.7 Å². The molecule has 1 fully saturated rings. The molecule has 0 radical (unpaired) electrons. The number of anilines is 3. The number of hydrogen-bond acceptors (Lipinski definition) is 7. The van der Waals surface area contributed by atoms with E-state index in [-0.39, 0.29) is 30.7 Å². The molecular formula is C24H23F4N5O4. The number of ether oxygens (including phenoxy) is 2. The Kier molecular flexibility index (Phi) is 7.43. The van der Waals surface area contributed by atoms with Crippen LogP contribution in [0.3, 0.4) is 0 Å². The Morgan fingerprint density at radius 1 is 1.03 bits per heavy atom. The van der Waals surface area contributed by atoms with E-state index in [1.807, 2.05) is 5.32 Å². The second kappa shape index (κ2) is 10.5. The molecule has 2 amide bonds. The molecule has 0 saturated heterocycles. The molecule has 3 aromatic rings. The third-order valence-corrected chi connectivity index (χ3v) is 5.64. The molecule has 13 heteroatoms. The summed E-state index contributed by atoms with van der Waals surface area (Å²) in [7, 11) is 1.53. The quantitative estimate of drug-likeness (QED) is 0.209. The maximum atomic E-state index is 14.8. The normalized spacial score (nSPS) is 14.2. The van der Waals surface area contributed by atoms with Gasteiger partial charge in [-0.1, -0.05) is 0 Å². The molecule has 1 heterocycles. The van der Waals surface area contributed by atoms with E-state index in [2.05, 4.69) is 20.6 Å². The molecule has 4 rings (SSSR count). The monoisotopic (exact) mass is 521 g/mol. The number of rotatable bonds is 10. The third kappa shape index (κ3) is 6.23. The number of carbonyl (C=O) groups is 2. The van der Waals surface area contributed by atoms with Gasteiger partial charge in [-0.15, -0.1) is 0 Å². The van der Waals surface area contributed by atoms with Crippen molar-refractivity contribution in [3.05, 3.63) is 48.5 Å². The van der Waals surface area contributed by atoms with Crippen LogP contribution < -0.4 is 20.7 Å². The van der Waals surface area contributed by atoms with Gasteiger partial charge in [-0.2, -0.15) is 13.2 Å². The molecule has 196 valence electrons. The number of amides is 2. The fourth-order valence-corrected chi connectivity index (χ4v) is 3.58. The van der Waals surface area contributed by atoms with Crippen molar-refractivity contribution in [3.63, 3.8) is 0 Å². The smallest absolute Gasteiger partial charge is 0.411 e. The van der Waals surface area contributed by atoms with Gasteiger partial charge in [0.1, 0.15) is 42.3 Å². The fourth-order valence-electron chi connectivity index (χ4n) is 3.58. The zero-order valence-electron chi connectivity index (χ0n) is 19.6. The third-order valence-electron chi connectivity index (χ3n) is 5.64. The molecule has 0 atom stereocenters. The van der Waals surface area contributed by atoms with Crippen molar-refractivity contribution in [1.82, 2.24) is 15.3 Å². The van der Waals surface area contributed by atoms with E-state index in [0.29, 0.717) is 29.2 Å². The van der Waals surface area contributed by atoms with Crippen molar-refractivity contribution < 1.29 is 36.6 Å². The van der Waals surface area contributed by atoms with Crippen LogP contribution in [0.5, 0.6) is 5.75 Å². The van der Waals surface area contributed by atoms with Crippen molar-refractivity contribution in [1.29, 1.82) is 0 Å². The molecule has 0 aliphatic heterocycles. The van der Waals surface area contributed by atoms with Gasteiger partial charge in [0.05, 0.1) is 17.5 Å². The zero-order chi connectivity index (χ0) is 26.6. The van der Waals surface area contributed by atoms with E-state index >= 15 is 0 Å². The number of carbonyl (C=O) groups excluding carboxylic acids is 2. The number of benzene rings is 2. The first-order chi connectivity index (χ1) is 17.6. The Balaban J connectivity index is 1.37. The molecule has 1 aliphatic carbocycles. The minimum absolute atomic E-state index is 0.150. The Bertz CT molecular complexity index is 1300. The van der Waals surface area contributed by atoms with E-state index in [1.165, 1.54) is 31.6 Å². The van der Waals surface area contributed by atoms with Gasteiger partial charge in [0.15, 0.2) is 0 Å². The molecule has 1 aliphatic rings. The van der Waals surface area contributed by atoms with E-state index in [9.17, 15) is 27.2 Å². The summed E-state index contributed by atoms with van der Waals surface area (Å²) < 4.78 is 64.1. The Hall–Kier alpha value is -4.00. The molecule has 3 N–H and O–H groups in total. The maximum absolute atomic E-state index is 14.8. The van der Waals surface area contributed by atoms with Crippen LogP contribution in [-0.2, 0) is 14.3 Å². The highest BCUT2D eigenvalue weighted by atomic mass is 19.4. The summed E-state index contributed by atoms with van der Waals surface area (Å²) in [5.74, 6) is -1.85. The van der Waals surface area contributed by atoms with Gasteiger partial charge in [0.25, 0.3) is 0 Å². The molecular weight excluding hydrogens is 498 g/mol. The number of nitrogens with zero attached hydrogens (tertiary/aromatic N) is 2. The van der Waals surface area contributed by atoms with Crippen molar-refractivity contribution in [2.45, 2.75) is 31.0 Å². The van der Waals surface area contributed by atoms with Gasteiger partial charge in [0, 0.05) is 30.6 Å². The molecule has 9 nitrogen and oxygen atoms in total. The average molecular weight is 521 g/mol. The van der Waals surface area contributed by atoms with E-state index in [0.717, 1.165) is 0 Å². The number of alkyl halides is 3. The second-order valence-corrected chi connectivity index (χ2v) is 8.42. The lowest BCUT2D eigenvalue weighted by Crippen LogP contribution is -2.48. The maximum Gasteiger partial charge on any atom is 0.411 e. The highest BCUT2D eigenvalue weighted by Crippen LogP contribution is 2.48. The lowest BCUT2D eigenvalue weighted by molar-refractivity contribution is -0.170. The molecule has 37 heavy (non-hydrogen) atoms. The largest absolute Gasteiger partial charge is 0.491 e. The summed E-state index contributed by atoms with van der Waals surface area (Å²) in [4.78, 5) is 32.2. The van der Waals surface area contributed by atoms with E-state index in [1.54, 1.807) is 18.2 Å². The van der Waals surface area contributed by atoms with Crippen LogP contribution in [0.4, 0.5) is 34.8 Å². The first-order valence-corrected chi connectivity index (χ1v) is 11.2. The van der Waals surface area contributed by atoms with Crippen molar-refractivity contribution in [2.75, 3.05) is 31.0 Å². The summed E-state index contributed by atoms with van der Waals surface area (Å²) in [6.07, 6.45) is -4.44. The summed E-state index contributed by atoms with van der Waals surface area (Å²) in [5.41, 5.74) is -1.07. The van der Waals surface area contributed by atoms with Crippen molar-refractivity contribution in [2.24, 2.45) is 0 Å². The van der Waals surface area contributed by atoms with Crippen molar-refractivity contribution in [3.8, 4) is 5.75 Å². The number of aromatic nitrogens is 2. The number of nitrogens with one attached hydrogen (secondary N) is 3. The Morgan fingerprint density at radius 2 is 1.73 bits per heavy atom. The van der Waals surface area contributed by atoms with Crippen LogP contribution in [0.2, 0.25) is 0 Å². The zero-order valence-corrected chi connectivity index (χ0v) is 19.6. The predicted octanol–water partition coefficient (Wildman–Crippen LogP) is 4.08. The number of methoxy groups -OCH3 is 1. The van der Waals surface area contributed by atoms with Crippen LogP contribution in [0, 0.1) is 5.82 Å². The predicted molar refractivity (Wildman–Crippen MR) is 126 cm³/mol. The van der Waals surface area contributed by atoms with Gasteiger partial charge in [-0.25, -0.2) is 14.4 Å². The molecule has 2 aromatic carbocycles. The lowest BCUT2D eigenvalue weighted by atomic mass is 10.2. The van der Waals surface area contributed by atoms with Crippen molar-refractivity contribution >= 4 is 39.9 Å². The van der Waals surface area contributed by atoms with Crippen LogP contribution >= 0.6 is 0 Å². The second-order valence-electron chi connectivity index (χ2n) is 8.42. The van der Waals surface area contributed by atoms with Gasteiger partial charge in [-0.3, -0.25) is 9.59 Å². The number of hydrogen-bond donors (Lipinski definition) is 3.